The van der Waals surface area contributed by atoms with E-state index in [-0.39, 0.29) is 11.8 Å². The molecule has 0 bridgehead atoms. The molecule has 1 heterocycles. The highest BCUT2D eigenvalue weighted by Gasteiger charge is 2.17. The molecule has 1 aliphatic heterocycles. The van der Waals surface area contributed by atoms with Crippen molar-refractivity contribution < 1.29 is 9.59 Å². The normalized spacial score (nSPS) is 15.4. The van der Waals surface area contributed by atoms with Crippen LogP contribution in [0.4, 0.5) is 0 Å². The van der Waals surface area contributed by atoms with Crippen molar-refractivity contribution >= 4 is 23.6 Å². The van der Waals surface area contributed by atoms with Crippen molar-refractivity contribution in [3.05, 3.63) is 0 Å². The Morgan fingerprint density at radius 2 is 2.00 bits per heavy atom. The van der Waals surface area contributed by atoms with Gasteiger partial charge >= 0.3 is 0 Å². The van der Waals surface area contributed by atoms with Crippen molar-refractivity contribution in [3.63, 3.8) is 0 Å². The summed E-state index contributed by atoms with van der Waals surface area (Å²) in [5.41, 5.74) is 0. The van der Waals surface area contributed by atoms with E-state index in [0.29, 0.717) is 18.7 Å². The van der Waals surface area contributed by atoms with Gasteiger partial charge in [-0.05, 0) is 19.1 Å². The second kappa shape index (κ2) is 6.71. The van der Waals surface area contributed by atoms with Gasteiger partial charge < -0.3 is 10.2 Å². The van der Waals surface area contributed by atoms with Crippen LogP contribution in [-0.2, 0) is 9.59 Å². The lowest BCUT2D eigenvalue weighted by molar-refractivity contribution is -0.130. The molecule has 0 aromatic carbocycles. The number of rotatable bonds is 5. The lowest BCUT2D eigenvalue weighted by Crippen LogP contribution is -2.33. The first kappa shape index (κ1) is 12.4. The molecule has 1 N–H and O–H groups in total. The summed E-state index contributed by atoms with van der Waals surface area (Å²) >= 11 is 1.49. The summed E-state index contributed by atoms with van der Waals surface area (Å²) in [7, 11) is 0. The molecule has 1 rings (SSSR count). The fourth-order valence-electron chi connectivity index (χ4n) is 1.62. The summed E-state index contributed by atoms with van der Waals surface area (Å²) in [6, 6.07) is 0. The molecule has 4 nitrogen and oxygen atoms in total. The van der Waals surface area contributed by atoms with Crippen LogP contribution in [0.25, 0.3) is 0 Å². The number of thioether (sulfide) groups is 1. The fourth-order valence-corrected chi connectivity index (χ4v) is 1.98. The van der Waals surface area contributed by atoms with E-state index < -0.39 is 0 Å². The van der Waals surface area contributed by atoms with Gasteiger partial charge in [-0.2, -0.15) is 11.8 Å². The summed E-state index contributed by atoms with van der Waals surface area (Å²) in [6.07, 6.45) is 4.55. The van der Waals surface area contributed by atoms with E-state index in [1.165, 1.54) is 11.8 Å². The minimum Gasteiger partial charge on any atom is -0.355 e. The van der Waals surface area contributed by atoms with Crippen LogP contribution >= 0.6 is 11.8 Å². The highest BCUT2D eigenvalue weighted by atomic mass is 32.2. The summed E-state index contributed by atoms with van der Waals surface area (Å²) in [5, 5.41) is 2.73. The molecule has 15 heavy (non-hydrogen) atoms. The van der Waals surface area contributed by atoms with Crippen LogP contribution < -0.4 is 5.32 Å². The average Bonchev–Trinajstić information content (AvgIpc) is 2.70. The predicted octanol–water partition coefficient (Wildman–Crippen LogP) is 0.478. The van der Waals surface area contributed by atoms with Crippen molar-refractivity contribution in [2.45, 2.75) is 19.3 Å². The van der Waals surface area contributed by atoms with Crippen LogP contribution in [0.3, 0.4) is 0 Å². The third kappa shape index (κ3) is 4.55. The Balaban J connectivity index is 2.08. The zero-order chi connectivity index (χ0) is 11.1. The molecular formula is C10H18N2O2S. The maximum Gasteiger partial charge on any atom is 0.229 e. The molecular weight excluding hydrogens is 212 g/mol. The molecule has 0 saturated carbocycles. The number of hydrogen-bond acceptors (Lipinski definition) is 3. The first-order chi connectivity index (χ1) is 7.24. The molecule has 1 saturated heterocycles. The number of carbonyl (C=O) groups is 2. The number of hydrogen-bond donors (Lipinski definition) is 1. The van der Waals surface area contributed by atoms with Crippen LogP contribution in [0, 0.1) is 0 Å². The Bertz CT molecular complexity index is 227. The maximum absolute atomic E-state index is 11.6. The lowest BCUT2D eigenvalue weighted by Gasteiger charge is -2.14. The molecule has 0 aromatic rings. The van der Waals surface area contributed by atoms with E-state index in [2.05, 4.69) is 5.32 Å². The van der Waals surface area contributed by atoms with Crippen molar-refractivity contribution in [2.24, 2.45) is 0 Å². The van der Waals surface area contributed by atoms with Crippen molar-refractivity contribution in [3.8, 4) is 0 Å². The second-order valence-corrected chi connectivity index (χ2v) is 4.49. The molecule has 0 aromatic heterocycles. The molecule has 2 amide bonds. The monoisotopic (exact) mass is 230 g/mol. The van der Waals surface area contributed by atoms with Crippen LogP contribution in [0.1, 0.15) is 19.3 Å². The van der Waals surface area contributed by atoms with E-state index in [1.54, 1.807) is 0 Å². The molecule has 86 valence electrons. The molecule has 0 unspecified atom stereocenters. The van der Waals surface area contributed by atoms with E-state index in [4.69, 9.17) is 0 Å². The SMILES string of the molecule is CSCC(=O)NCCC(=O)N1CCCC1. The highest BCUT2D eigenvalue weighted by molar-refractivity contribution is 7.99. The van der Waals surface area contributed by atoms with Crippen molar-refractivity contribution in [1.82, 2.24) is 10.2 Å². The summed E-state index contributed by atoms with van der Waals surface area (Å²) in [6.45, 7) is 2.24. The standard InChI is InChI=1S/C10H18N2O2S/c1-15-8-9(13)11-5-4-10(14)12-6-2-3-7-12/h2-8H2,1H3,(H,11,13). The van der Waals surface area contributed by atoms with Gasteiger partial charge in [0.25, 0.3) is 0 Å². The maximum atomic E-state index is 11.6. The number of nitrogens with zero attached hydrogens (tertiary/aromatic N) is 1. The predicted molar refractivity (Wildman–Crippen MR) is 61.8 cm³/mol. The van der Waals surface area contributed by atoms with Crippen LogP contribution in [0.5, 0.6) is 0 Å². The quantitative estimate of drug-likeness (QED) is 0.747. The molecule has 0 aliphatic carbocycles. The zero-order valence-corrected chi connectivity index (χ0v) is 9.94. The highest BCUT2D eigenvalue weighted by Crippen LogP contribution is 2.08. The smallest absolute Gasteiger partial charge is 0.229 e. The summed E-state index contributed by atoms with van der Waals surface area (Å²) in [4.78, 5) is 24.5. The van der Waals surface area contributed by atoms with Gasteiger partial charge in [-0.3, -0.25) is 9.59 Å². The van der Waals surface area contributed by atoms with E-state index in [1.807, 2.05) is 11.2 Å². The van der Waals surface area contributed by atoms with Gasteiger partial charge in [0.1, 0.15) is 0 Å². The van der Waals surface area contributed by atoms with Gasteiger partial charge in [0.05, 0.1) is 5.75 Å². The molecule has 0 atom stereocenters. The van der Waals surface area contributed by atoms with Crippen molar-refractivity contribution in [1.29, 1.82) is 0 Å². The molecule has 0 radical (unpaired) electrons. The summed E-state index contributed by atoms with van der Waals surface area (Å²) < 4.78 is 0. The van der Waals surface area contributed by atoms with E-state index in [9.17, 15) is 9.59 Å². The minimum atomic E-state index is 0.0109. The van der Waals surface area contributed by atoms with Gasteiger partial charge in [0.2, 0.25) is 11.8 Å². The minimum absolute atomic E-state index is 0.0109. The van der Waals surface area contributed by atoms with E-state index >= 15 is 0 Å². The molecule has 1 fully saturated rings. The van der Waals surface area contributed by atoms with E-state index in [0.717, 1.165) is 25.9 Å². The van der Waals surface area contributed by atoms with Crippen LogP contribution in [0.15, 0.2) is 0 Å². The molecule has 0 spiro atoms. The van der Waals surface area contributed by atoms with Gasteiger partial charge in [0, 0.05) is 26.1 Å². The number of carbonyl (C=O) groups excluding carboxylic acids is 2. The van der Waals surface area contributed by atoms with Crippen LogP contribution in [-0.4, -0.2) is 48.4 Å². The number of nitrogens with one attached hydrogen (secondary N) is 1. The number of amides is 2. The second-order valence-electron chi connectivity index (χ2n) is 3.62. The van der Waals surface area contributed by atoms with Gasteiger partial charge in [-0.1, -0.05) is 0 Å². The Morgan fingerprint density at radius 1 is 1.33 bits per heavy atom. The Kier molecular flexibility index (Phi) is 5.53. The van der Waals surface area contributed by atoms with Gasteiger partial charge in [0.15, 0.2) is 0 Å². The molecule has 1 aliphatic rings. The Labute approximate surface area is 94.8 Å². The first-order valence-corrected chi connectivity index (χ1v) is 6.67. The third-order valence-electron chi connectivity index (χ3n) is 2.40. The Morgan fingerprint density at radius 3 is 2.60 bits per heavy atom. The van der Waals surface area contributed by atoms with Gasteiger partial charge in [-0.25, -0.2) is 0 Å². The largest absolute Gasteiger partial charge is 0.355 e. The zero-order valence-electron chi connectivity index (χ0n) is 9.12. The fraction of sp³-hybridized carbons (Fsp3) is 0.800. The Hall–Kier alpha value is -0.710. The van der Waals surface area contributed by atoms with Crippen molar-refractivity contribution in [2.75, 3.05) is 31.6 Å². The lowest BCUT2D eigenvalue weighted by atomic mass is 10.3. The average molecular weight is 230 g/mol. The topological polar surface area (TPSA) is 49.4 Å². The van der Waals surface area contributed by atoms with Gasteiger partial charge in [-0.15, -0.1) is 0 Å². The summed E-state index contributed by atoms with van der Waals surface area (Å²) in [5.74, 6) is 0.645. The first-order valence-electron chi connectivity index (χ1n) is 5.27. The molecule has 5 heteroatoms. The third-order valence-corrected chi connectivity index (χ3v) is 2.95. The number of likely N-dealkylation sites (tertiary alicyclic amines) is 1. The van der Waals surface area contributed by atoms with Crippen LogP contribution in [0.2, 0.25) is 0 Å².